The zero-order valence-electron chi connectivity index (χ0n) is 14.0. The second-order valence-corrected chi connectivity index (χ2v) is 5.28. The molecule has 0 saturated carbocycles. The normalized spacial score (nSPS) is 10.8. The molecule has 0 amide bonds. The van der Waals surface area contributed by atoms with Crippen LogP contribution in [0.3, 0.4) is 0 Å². The third-order valence-electron chi connectivity index (χ3n) is 3.40. The van der Waals surface area contributed by atoms with Crippen LogP contribution in [0, 0.1) is 0 Å². The molecular weight excluding hydrogens is 287 g/mol. The maximum Gasteiger partial charge on any atom is 0.320 e. The lowest BCUT2D eigenvalue weighted by molar-refractivity contribution is 0.340. The van der Waals surface area contributed by atoms with Crippen LogP contribution >= 0.6 is 0 Å². The molecule has 0 aromatic heterocycles. The van der Waals surface area contributed by atoms with Gasteiger partial charge in [0.25, 0.3) is 0 Å². The second kappa shape index (κ2) is 8.44. The van der Waals surface area contributed by atoms with E-state index in [1.54, 1.807) is 6.82 Å². The van der Waals surface area contributed by atoms with Crippen LogP contribution in [0.1, 0.15) is 25.0 Å². The van der Waals surface area contributed by atoms with E-state index in [2.05, 4.69) is 0 Å². The summed E-state index contributed by atoms with van der Waals surface area (Å²) in [7, 11) is 0. The zero-order chi connectivity index (χ0) is 16.7. The summed E-state index contributed by atoms with van der Waals surface area (Å²) in [6.07, 6.45) is 4.05. The Bertz CT molecular complexity index is 648. The molecule has 120 valence electrons. The standard InChI is InChI=1S/C19H23BO3/c1-4-22-18-10-8-15(9-11-18)6-7-16-12-17(20(3)21)14-19(13-16)23-5-2/h6-14,21H,4-5H2,1-3H3/b7-6+. The Balaban J connectivity index is 2.20. The monoisotopic (exact) mass is 310 g/mol. The molecule has 0 saturated heterocycles. The Morgan fingerprint density at radius 3 is 2.09 bits per heavy atom. The molecule has 3 nitrogen and oxygen atoms in total. The highest BCUT2D eigenvalue weighted by molar-refractivity contribution is 6.64. The minimum atomic E-state index is -0.520. The van der Waals surface area contributed by atoms with Gasteiger partial charge in [0.05, 0.1) is 13.2 Å². The third-order valence-corrected chi connectivity index (χ3v) is 3.40. The molecule has 2 aromatic carbocycles. The summed E-state index contributed by atoms with van der Waals surface area (Å²) < 4.78 is 11.0. The molecule has 0 spiro atoms. The molecule has 1 N–H and O–H groups in total. The van der Waals surface area contributed by atoms with Crippen LogP contribution in [0.4, 0.5) is 0 Å². The molecule has 0 atom stereocenters. The summed E-state index contributed by atoms with van der Waals surface area (Å²) in [6, 6.07) is 13.8. The highest BCUT2D eigenvalue weighted by Crippen LogP contribution is 2.17. The van der Waals surface area contributed by atoms with Crippen molar-refractivity contribution in [1.29, 1.82) is 0 Å². The number of rotatable bonds is 7. The molecular formula is C19H23BO3. The summed E-state index contributed by atoms with van der Waals surface area (Å²) in [5, 5.41) is 9.81. The number of benzene rings is 2. The van der Waals surface area contributed by atoms with Crippen molar-refractivity contribution in [3.63, 3.8) is 0 Å². The lowest BCUT2D eigenvalue weighted by Gasteiger charge is -2.09. The lowest BCUT2D eigenvalue weighted by atomic mass is 9.64. The van der Waals surface area contributed by atoms with E-state index in [-0.39, 0.29) is 0 Å². The Labute approximate surface area is 138 Å². The van der Waals surface area contributed by atoms with E-state index in [0.29, 0.717) is 13.2 Å². The summed E-state index contributed by atoms with van der Waals surface area (Å²) in [4.78, 5) is 0. The van der Waals surface area contributed by atoms with Crippen LogP contribution in [0.25, 0.3) is 12.2 Å². The molecule has 0 aliphatic heterocycles. The van der Waals surface area contributed by atoms with Gasteiger partial charge in [0, 0.05) is 0 Å². The predicted molar refractivity (Wildman–Crippen MR) is 97.6 cm³/mol. The molecule has 0 radical (unpaired) electrons. The molecule has 0 aliphatic rings. The van der Waals surface area contributed by atoms with E-state index in [1.807, 2.05) is 68.5 Å². The second-order valence-electron chi connectivity index (χ2n) is 5.28. The number of hydrogen-bond donors (Lipinski definition) is 1. The summed E-state index contributed by atoms with van der Waals surface area (Å²) >= 11 is 0. The topological polar surface area (TPSA) is 38.7 Å². The molecule has 0 bridgehead atoms. The molecule has 23 heavy (non-hydrogen) atoms. The predicted octanol–water partition coefficient (Wildman–Crippen LogP) is 3.48. The fourth-order valence-electron chi connectivity index (χ4n) is 2.27. The van der Waals surface area contributed by atoms with Gasteiger partial charge in [-0.2, -0.15) is 0 Å². The molecule has 4 heteroatoms. The first kappa shape index (κ1) is 17.2. The van der Waals surface area contributed by atoms with Gasteiger partial charge in [0.1, 0.15) is 11.5 Å². The Morgan fingerprint density at radius 1 is 0.870 bits per heavy atom. The zero-order valence-corrected chi connectivity index (χ0v) is 14.0. The highest BCUT2D eigenvalue weighted by Gasteiger charge is 2.09. The average molecular weight is 310 g/mol. The van der Waals surface area contributed by atoms with Gasteiger partial charge in [-0.3, -0.25) is 0 Å². The van der Waals surface area contributed by atoms with Gasteiger partial charge in [-0.15, -0.1) is 0 Å². The van der Waals surface area contributed by atoms with Crippen LogP contribution in [0.2, 0.25) is 6.82 Å². The average Bonchev–Trinajstić information content (AvgIpc) is 2.54. The van der Waals surface area contributed by atoms with E-state index in [4.69, 9.17) is 9.47 Å². The first-order valence-electron chi connectivity index (χ1n) is 7.99. The van der Waals surface area contributed by atoms with Gasteiger partial charge < -0.3 is 14.5 Å². The van der Waals surface area contributed by atoms with Crippen molar-refractivity contribution < 1.29 is 14.5 Å². The smallest absolute Gasteiger partial charge is 0.320 e. The van der Waals surface area contributed by atoms with E-state index in [1.165, 1.54) is 0 Å². The van der Waals surface area contributed by atoms with Crippen molar-refractivity contribution in [2.24, 2.45) is 0 Å². The van der Waals surface area contributed by atoms with Crippen LogP contribution < -0.4 is 14.9 Å². The number of ether oxygens (including phenoxy) is 2. The van der Waals surface area contributed by atoms with Crippen LogP contribution in [-0.2, 0) is 0 Å². The van der Waals surface area contributed by atoms with Crippen LogP contribution in [-0.4, -0.2) is 25.2 Å². The minimum Gasteiger partial charge on any atom is -0.494 e. The largest absolute Gasteiger partial charge is 0.494 e. The first-order chi connectivity index (χ1) is 11.1. The molecule has 0 aliphatic carbocycles. The quantitative estimate of drug-likeness (QED) is 0.628. The van der Waals surface area contributed by atoms with E-state index < -0.39 is 6.92 Å². The van der Waals surface area contributed by atoms with Crippen LogP contribution in [0.15, 0.2) is 42.5 Å². The summed E-state index contributed by atoms with van der Waals surface area (Å²) in [5.41, 5.74) is 2.94. The summed E-state index contributed by atoms with van der Waals surface area (Å²) in [6.45, 7) is 6.43. The van der Waals surface area contributed by atoms with Gasteiger partial charge in [-0.1, -0.05) is 37.2 Å². The third kappa shape index (κ3) is 5.18. The fraction of sp³-hybridized carbons (Fsp3) is 0.263. The SMILES string of the molecule is CCOc1ccc(/C=C/c2cc(OCC)cc(B(C)O)c2)cc1. The molecule has 0 unspecified atom stereocenters. The van der Waals surface area contributed by atoms with E-state index >= 15 is 0 Å². The lowest BCUT2D eigenvalue weighted by Crippen LogP contribution is -2.26. The first-order valence-corrected chi connectivity index (χ1v) is 7.99. The van der Waals surface area contributed by atoms with Crippen molar-refractivity contribution in [2.75, 3.05) is 13.2 Å². The maximum absolute atomic E-state index is 9.81. The van der Waals surface area contributed by atoms with Gasteiger partial charge in [-0.25, -0.2) is 0 Å². The molecule has 0 heterocycles. The van der Waals surface area contributed by atoms with Gasteiger partial charge in [-0.05, 0) is 54.7 Å². The van der Waals surface area contributed by atoms with Gasteiger partial charge in [0.2, 0.25) is 0 Å². The fourth-order valence-corrected chi connectivity index (χ4v) is 2.27. The number of hydrogen-bond acceptors (Lipinski definition) is 3. The van der Waals surface area contributed by atoms with E-state index in [0.717, 1.165) is 28.1 Å². The van der Waals surface area contributed by atoms with E-state index in [9.17, 15) is 5.02 Å². The minimum absolute atomic E-state index is 0.520. The highest BCUT2D eigenvalue weighted by atomic mass is 16.5. The Hall–Kier alpha value is -2.20. The van der Waals surface area contributed by atoms with Crippen molar-refractivity contribution >= 4 is 24.5 Å². The summed E-state index contributed by atoms with van der Waals surface area (Å²) in [5.74, 6) is 1.65. The van der Waals surface area contributed by atoms with Gasteiger partial charge in [0.15, 0.2) is 0 Å². The Morgan fingerprint density at radius 2 is 1.48 bits per heavy atom. The Kier molecular flexibility index (Phi) is 6.30. The molecule has 0 fully saturated rings. The van der Waals surface area contributed by atoms with Crippen LogP contribution in [0.5, 0.6) is 11.5 Å². The van der Waals surface area contributed by atoms with Crippen molar-refractivity contribution in [3.8, 4) is 11.5 Å². The van der Waals surface area contributed by atoms with Crippen molar-refractivity contribution in [3.05, 3.63) is 53.6 Å². The van der Waals surface area contributed by atoms with Gasteiger partial charge >= 0.3 is 6.92 Å². The maximum atomic E-state index is 9.81. The molecule has 2 aromatic rings. The van der Waals surface area contributed by atoms with Crippen molar-refractivity contribution in [1.82, 2.24) is 0 Å². The van der Waals surface area contributed by atoms with Crippen molar-refractivity contribution in [2.45, 2.75) is 20.7 Å². The molecule has 2 rings (SSSR count).